The molecule has 0 unspecified atom stereocenters. The lowest BCUT2D eigenvalue weighted by Crippen LogP contribution is -2.52. The average Bonchev–Trinajstić information content (AvgIpc) is 2.49. The number of halogens is 2. The minimum atomic E-state index is -0.919. The van der Waals surface area contributed by atoms with Gasteiger partial charge in [0.1, 0.15) is 0 Å². The van der Waals surface area contributed by atoms with Gasteiger partial charge in [0, 0.05) is 12.1 Å². The van der Waals surface area contributed by atoms with Gasteiger partial charge in [0.15, 0.2) is 17.3 Å². The minimum Gasteiger partial charge on any atom is -0.493 e. The minimum absolute atomic E-state index is 0. The van der Waals surface area contributed by atoms with Gasteiger partial charge in [-0.2, -0.15) is 0 Å². The number of anilines is 1. The SMILES string of the molecule is COc1cc(F)c(NC(=O)C2(N)CCCCC2)cc1OC.Cl. The molecule has 1 aliphatic carbocycles. The van der Waals surface area contributed by atoms with E-state index in [2.05, 4.69) is 5.32 Å². The van der Waals surface area contributed by atoms with Crippen LogP contribution in [0.3, 0.4) is 0 Å². The second-order valence-corrected chi connectivity index (χ2v) is 5.36. The van der Waals surface area contributed by atoms with Crippen LogP contribution in [-0.4, -0.2) is 25.7 Å². The Hall–Kier alpha value is -1.53. The third-order valence-electron chi connectivity index (χ3n) is 3.92. The molecule has 0 heterocycles. The lowest BCUT2D eigenvalue weighted by Gasteiger charge is -2.31. The maximum absolute atomic E-state index is 14.0. The number of methoxy groups -OCH3 is 2. The van der Waals surface area contributed by atoms with Crippen molar-refractivity contribution in [1.82, 2.24) is 0 Å². The van der Waals surface area contributed by atoms with Crippen LogP contribution in [0.1, 0.15) is 32.1 Å². The van der Waals surface area contributed by atoms with Crippen LogP contribution in [0.4, 0.5) is 10.1 Å². The molecule has 1 aromatic carbocycles. The average molecular weight is 333 g/mol. The molecule has 2 rings (SSSR count). The Morgan fingerprint density at radius 1 is 1.18 bits per heavy atom. The number of amides is 1. The van der Waals surface area contributed by atoms with E-state index >= 15 is 0 Å². The van der Waals surface area contributed by atoms with Crippen LogP contribution in [-0.2, 0) is 4.79 Å². The van der Waals surface area contributed by atoms with E-state index in [9.17, 15) is 9.18 Å². The molecule has 1 saturated carbocycles. The van der Waals surface area contributed by atoms with Gasteiger partial charge in [-0.1, -0.05) is 19.3 Å². The highest BCUT2D eigenvalue weighted by Gasteiger charge is 2.35. The molecule has 0 saturated heterocycles. The normalized spacial score (nSPS) is 16.4. The Morgan fingerprint density at radius 3 is 2.27 bits per heavy atom. The quantitative estimate of drug-likeness (QED) is 0.889. The first kappa shape index (κ1) is 18.5. The number of nitrogens with two attached hydrogens (primary N) is 1. The molecule has 0 radical (unpaired) electrons. The largest absolute Gasteiger partial charge is 0.493 e. The molecule has 0 aromatic heterocycles. The number of hydrogen-bond acceptors (Lipinski definition) is 4. The van der Waals surface area contributed by atoms with E-state index in [-0.39, 0.29) is 29.8 Å². The molecular formula is C15H22ClFN2O3. The van der Waals surface area contributed by atoms with Crippen LogP contribution in [0, 0.1) is 5.82 Å². The maximum atomic E-state index is 14.0. The third kappa shape index (κ3) is 3.81. The number of carbonyl (C=O) groups excluding carboxylic acids is 1. The van der Waals surface area contributed by atoms with Crippen molar-refractivity contribution in [2.24, 2.45) is 5.73 Å². The van der Waals surface area contributed by atoms with Gasteiger partial charge in [0.2, 0.25) is 5.91 Å². The summed E-state index contributed by atoms with van der Waals surface area (Å²) in [7, 11) is 2.87. The van der Waals surface area contributed by atoms with Crippen molar-refractivity contribution in [2.45, 2.75) is 37.6 Å². The van der Waals surface area contributed by atoms with Gasteiger partial charge >= 0.3 is 0 Å². The predicted octanol–water partition coefficient (Wildman–Crippen LogP) is 2.86. The molecule has 1 aliphatic rings. The fourth-order valence-corrected chi connectivity index (χ4v) is 2.61. The zero-order valence-electron chi connectivity index (χ0n) is 12.8. The van der Waals surface area contributed by atoms with E-state index in [1.807, 2.05) is 0 Å². The number of hydrogen-bond donors (Lipinski definition) is 2. The first-order chi connectivity index (χ1) is 10.00. The lowest BCUT2D eigenvalue weighted by atomic mass is 9.82. The van der Waals surface area contributed by atoms with E-state index in [0.717, 1.165) is 19.3 Å². The van der Waals surface area contributed by atoms with Crippen LogP contribution in [0.2, 0.25) is 0 Å². The van der Waals surface area contributed by atoms with Gasteiger partial charge < -0.3 is 20.5 Å². The first-order valence-electron chi connectivity index (χ1n) is 7.02. The van der Waals surface area contributed by atoms with Crippen LogP contribution in [0.25, 0.3) is 0 Å². The molecule has 0 bridgehead atoms. The Labute approximate surface area is 135 Å². The predicted molar refractivity (Wildman–Crippen MR) is 85.4 cm³/mol. The number of nitrogens with one attached hydrogen (secondary N) is 1. The smallest absolute Gasteiger partial charge is 0.244 e. The van der Waals surface area contributed by atoms with Crippen LogP contribution in [0.5, 0.6) is 11.5 Å². The van der Waals surface area contributed by atoms with Crippen molar-refractivity contribution in [3.05, 3.63) is 17.9 Å². The molecule has 7 heteroatoms. The van der Waals surface area contributed by atoms with Crippen molar-refractivity contribution >= 4 is 24.0 Å². The molecule has 5 nitrogen and oxygen atoms in total. The van der Waals surface area contributed by atoms with E-state index in [4.69, 9.17) is 15.2 Å². The van der Waals surface area contributed by atoms with Gasteiger partial charge in [-0.25, -0.2) is 4.39 Å². The van der Waals surface area contributed by atoms with Gasteiger partial charge in [0.25, 0.3) is 0 Å². The van der Waals surface area contributed by atoms with Crippen LogP contribution >= 0.6 is 12.4 Å². The Kier molecular flexibility index (Phi) is 6.44. The van der Waals surface area contributed by atoms with Crippen molar-refractivity contribution < 1.29 is 18.7 Å². The molecule has 22 heavy (non-hydrogen) atoms. The maximum Gasteiger partial charge on any atom is 0.244 e. The number of carbonyl (C=O) groups is 1. The number of ether oxygens (including phenoxy) is 2. The Balaban J connectivity index is 0.00000242. The van der Waals surface area contributed by atoms with Gasteiger partial charge in [0.05, 0.1) is 25.4 Å². The van der Waals surface area contributed by atoms with Gasteiger partial charge in [-0.3, -0.25) is 4.79 Å². The lowest BCUT2D eigenvalue weighted by molar-refractivity contribution is -0.122. The second-order valence-electron chi connectivity index (χ2n) is 5.36. The van der Waals surface area contributed by atoms with Crippen LogP contribution in [0.15, 0.2) is 12.1 Å². The van der Waals surface area contributed by atoms with E-state index in [0.29, 0.717) is 18.6 Å². The number of benzene rings is 1. The zero-order chi connectivity index (χ0) is 15.5. The summed E-state index contributed by atoms with van der Waals surface area (Å²) in [6.45, 7) is 0. The standard InChI is InChI=1S/C15H21FN2O3.ClH/c1-20-12-8-10(16)11(9-13(12)21-2)18-14(19)15(17)6-4-3-5-7-15;/h8-9H,3-7,17H2,1-2H3,(H,18,19);1H. The molecule has 0 spiro atoms. The van der Waals surface area contributed by atoms with E-state index in [1.165, 1.54) is 26.4 Å². The topological polar surface area (TPSA) is 73.6 Å². The molecule has 0 aliphatic heterocycles. The summed E-state index contributed by atoms with van der Waals surface area (Å²) >= 11 is 0. The summed E-state index contributed by atoms with van der Waals surface area (Å²) in [4.78, 5) is 12.3. The molecule has 3 N–H and O–H groups in total. The molecule has 1 amide bonds. The molecule has 1 aromatic rings. The number of rotatable bonds is 4. The molecule has 124 valence electrons. The Morgan fingerprint density at radius 2 is 1.73 bits per heavy atom. The van der Waals surface area contributed by atoms with Crippen molar-refractivity contribution in [3.8, 4) is 11.5 Å². The summed E-state index contributed by atoms with van der Waals surface area (Å²) in [5.41, 5.74) is 5.27. The van der Waals surface area contributed by atoms with Gasteiger partial charge in [-0.15, -0.1) is 12.4 Å². The third-order valence-corrected chi connectivity index (χ3v) is 3.92. The van der Waals surface area contributed by atoms with Gasteiger partial charge in [-0.05, 0) is 12.8 Å². The molecule has 0 atom stereocenters. The van der Waals surface area contributed by atoms with Crippen molar-refractivity contribution in [3.63, 3.8) is 0 Å². The highest BCUT2D eigenvalue weighted by atomic mass is 35.5. The molecular weight excluding hydrogens is 311 g/mol. The highest BCUT2D eigenvalue weighted by molar-refractivity contribution is 5.98. The van der Waals surface area contributed by atoms with E-state index in [1.54, 1.807) is 0 Å². The fourth-order valence-electron chi connectivity index (χ4n) is 2.61. The molecule has 1 fully saturated rings. The second kappa shape index (κ2) is 7.65. The first-order valence-corrected chi connectivity index (χ1v) is 7.02. The van der Waals surface area contributed by atoms with E-state index < -0.39 is 11.4 Å². The summed E-state index contributed by atoms with van der Waals surface area (Å²) in [5.74, 6) is -0.314. The monoisotopic (exact) mass is 332 g/mol. The fraction of sp³-hybridized carbons (Fsp3) is 0.533. The highest BCUT2D eigenvalue weighted by Crippen LogP contribution is 2.33. The van der Waals surface area contributed by atoms with Crippen molar-refractivity contribution in [2.75, 3.05) is 19.5 Å². The van der Waals surface area contributed by atoms with Crippen LogP contribution < -0.4 is 20.5 Å². The summed E-state index contributed by atoms with van der Waals surface area (Å²) in [6, 6.07) is 2.58. The summed E-state index contributed by atoms with van der Waals surface area (Å²) < 4.78 is 24.1. The summed E-state index contributed by atoms with van der Waals surface area (Å²) in [6.07, 6.45) is 4.15. The summed E-state index contributed by atoms with van der Waals surface area (Å²) in [5, 5.41) is 2.57. The van der Waals surface area contributed by atoms with Crippen molar-refractivity contribution in [1.29, 1.82) is 0 Å². The Bertz CT molecular complexity index is 534. The zero-order valence-corrected chi connectivity index (χ0v) is 13.6.